The number of nitrogens with one attached hydrogen (secondary N) is 1. The van der Waals surface area contributed by atoms with Gasteiger partial charge in [-0.05, 0) is 31.5 Å². The first-order valence-corrected chi connectivity index (χ1v) is 7.93. The smallest absolute Gasteiger partial charge is 0.265 e. The average Bonchev–Trinajstić information content (AvgIpc) is 3.11. The van der Waals surface area contributed by atoms with Crippen LogP contribution in [0.1, 0.15) is 23.7 Å². The number of hydrogen-bond acceptors (Lipinski definition) is 4. The van der Waals surface area contributed by atoms with Gasteiger partial charge >= 0.3 is 0 Å². The lowest BCUT2D eigenvalue weighted by atomic mass is 10.2. The average molecular weight is 325 g/mol. The van der Waals surface area contributed by atoms with Crippen molar-refractivity contribution >= 4 is 16.9 Å². The first-order valence-electron chi connectivity index (χ1n) is 7.93. The quantitative estimate of drug-likeness (QED) is 0.695. The molecular formula is C17H19N5O2. The van der Waals surface area contributed by atoms with Gasteiger partial charge in [0.1, 0.15) is 11.2 Å². The largest absolute Gasteiger partial charge is 0.352 e. The number of pyridine rings is 2. The van der Waals surface area contributed by atoms with Crippen LogP contribution in [0, 0.1) is 0 Å². The normalized spacial score (nSPS) is 10.9. The summed E-state index contributed by atoms with van der Waals surface area (Å²) in [6, 6.07) is 5.26. The maximum atomic E-state index is 12.5. The van der Waals surface area contributed by atoms with Crippen LogP contribution in [0.25, 0.3) is 11.0 Å². The number of carbonyl (C=O) groups excluding carboxylic acids is 1. The molecule has 7 heteroatoms. The fourth-order valence-electron chi connectivity index (χ4n) is 2.64. The zero-order chi connectivity index (χ0) is 16.9. The number of amides is 1. The molecule has 0 fully saturated rings. The molecule has 0 aliphatic carbocycles. The van der Waals surface area contributed by atoms with Crippen LogP contribution in [0.15, 0.2) is 47.9 Å². The van der Waals surface area contributed by atoms with Crippen molar-refractivity contribution in [1.29, 1.82) is 0 Å². The van der Waals surface area contributed by atoms with E-state index in [-0.39, 0.29) is 17.0 Å². The lowest BCUT2D eigenvalue weighted by molar-refractivity contribution is 0.0951. The summed E-state index contributed by atoms with van der Waals surface area (Å²) in [5.74, 6) is -0.349. The van der Waals surface area contributed by atoms with Crippen molar-refractivity contribution in [3.05, 3.63) is 59.0 Å². The van der Waals surface area contributed by atoms with Gasteiger partial charge < -0.3 is 9.88 Å². The molecule has 0 saturated carbocycles. The van der Waals surface area contributed by atoms with Gasteiger partial charge in [0.15, 0.2) is 0 Å². The Morgan fingerprint density at radius 1 is 1.33 bits per heavy atom. The van der Waals surface area contributed by atoms with Gasteiger partial charge in [0.05, 0.1) is 6.33 Å². The Kier molecular flexibility index (Phi) is 4.69. The SMILES string of the molecule is CCn1c(=O)c(C(=O)NCCCn2ccnc2)cc2cccnc21. The van der Waals surface area contributed by atoms with E-state index in [4.69, 9.17) is 0 Å². The van der Waals surface area contributed by atoms with Crippen molar-refractivity contribution in [1.82, 2.24) is 24.4 Å². The molecule has 0 spiro atoms. The number of hydrogen-bond donors (Lipinski definition) is 1. The van der Waals surface area contributed by atoms with Crippen LogP contribution in [0.4, 0.5) is 0 Å². The fourth-order valence-corrected chi connectivity index (χ4v) is 2.64. The molecule has 124 valence electrons. The van der Waals surface area contributed by atoms with Crippen LogP contribution in [0.5, 0.6) is 0 Å². The third-order valence-electron chi connectivity index (χ3n) is 3.85. The summed E-state index contributed by atoms with van der Waals surface area (Å²) in [7, 11) is 0. The first kappa shape index (κ1) is 15.9. The van der Waals surface area contributed by atoms with Gasteiger partial charge in [-0.3, -0.25) is 14.2 Å². The molecule has 0 unspecified atom stereocenters. The highest BCUT2D eigenvalue weighted by Crippen LogP contribution is 2.10. The lowest BCUT2D eigenvalue weighted by Crippen LogP contribution is -2.34. The van der Waals surface area contributed by atoms with E-state index >= 15 is 0 Å². The van der Waals surface area contributed by atoms with E-state index in [1.54, 1.807) is 30.9 Å². The monoisotopic (exact) mass is 325 g/mol. The molecule has 0 aliphatic rings. The minimum Gasteiger partial charge on any atom is -0.352 e. The number of carbonyl (C=O) groups is 1. The molecule has 3 heterocycles. The van der Waals surface area contributed by atoms with E-state index in [2.05, 4.69) is 15.3 Å². The molecule has 0 aliphatic heterocycles. The Bertz CT molecular complexity index is 899. The summed E-state index contributed by atoms with van der Waals surface area (Å²) in [6.07, 6.45) is 7.73. The van der Waals surface area contributed by atoms with Crippen LogP contribution in [0.3, 0.4) is 0 Å². The van der Waals surface area contributed by atoms with E-state index in [1.807, 2.05) is 23.8 Å². The van der Waals surface area contributed by atoms with Crippen molar-refractivity contribution < 1.29 is 4.79 Å². The maximum absolute atomic E-state index is 12.5. The number of aryl methyl sites for hydroxylation is 2. The predicted octanol–water partition coefficient (Wildman–Crippen LogP) is 1.43. The Morgan fingerprint density at radius 3 is 2.96 bits per heavy atom. The van der Waals surface area contributed by atoms with Crippen LogP contribution >= 0.6 is 0 Å². The molecule has 3 aromatic heterocycles. The standard InChI is InChI=1S/C17H19N5O2/c1-2-22-15-13(5-3-6-19-15)11-14(17(22)24)16(23)20-7-4-9-21-10-8-18-12-21/h3,5-6,8,10-12H,2,4,7,9H2,1H3,(H,20,23). The predicted molar refractivity (Wildman–Crippen MR) is 90.9 cm³/mol. The zero-order valence-electron chi connectivity index (χ0n) is 13.5. The molecule has 3 rings (SSSR count). The summed E-state index contributed by atoms with van der Waals surface area (Å²) >= 11 is 0. The Morgan fingerprint density at radius 2 is 2.21 bits per heavy atom. The molecule has 0 saturated heterocycles. The highest BCUT2D eigenvalue weighted by molar-refractivity contribution is 5.96. The van der Waals surface area contributed by atoms with E-state index in [1.165, 1.54) is 4.57 Å². The van der Waals surface area contributed by atoms with Gasteiger partial charge in [0.25, 0.3) is 11.5 Å². The second-order valence-corrected chi connectivity index (χ2v) is 5.43. The maximum Gasteiger partial charge on any atom is 0.265 e. The third-order valence-corrected chi connectivity index (χ3v) is 3.85. The molecule has 1 amide bonds. The van der Waals surface area contributed by atoms with Crippen LogP contribution in [-0.2, 0) is 13.1 Å². The molecule has 7 nitrogen and oxygen atoms in total. The summed E-state index contributed by atoms with van der Waals surface area (Å²) in [6.45, 7) is 3.59. The number of fused-ring (bicyclic) bond motifs is 1. The van der Waals surface area contributed by atoms with Gasteiger partial charge in [-0.15, -0.1) is 0 Å². The van der Waals surface area contributed by atoms with Crippen LogP contribution in [-0.4, -0.2) is 31.6 Å². The summed E-state index contributed by atoms with van der Waals surface area (Å²) in [5.41, 5.74) is 0.442. The number of aromatic nitrogens is 4. The van der Waals surface area contributed by atoms with Gasteiger partial charge in [0, 0.05) is 43.6 Å². The summed E-state index contributed by atoms with van der Waals surface area (Å²) in [5, 5.41) is 3.59. The summed E-state index contributed by atoms with van der Waals surface area (Å²) < 4.78 is 3.47. The second kappa shape index (κ2) is 7.08. The zero-order valence-corrected chi connectivity index (χ0v) is 13.5. The molecular weight excluding hydrogens is 306 g/mol. The van der Waals surface area contributed by atoms with Gasteiger partial charge in [-0.2, -0.15) is 0 Å². The van der Waals surface area contributed by atoms with E-state index < -0.39 is 0 Å². The molecule has 0 aromatic carbocycles. The van der Waals surface area contributed by atoms with Crippen molar-refractivity contribution in [2.24, 2.45) is 0 Å². The number of rotatable bonds is 6. The molecule has 3 aromatic rings. The van der Waals surface area contributed by atoms with Crippen LogP contribution < -0.4 is 10.9 Å². The Labute approximate surface area is 139 Å². The summed E-state index contributed by atoms with van der Waals surface area (Å²) in [4.78, 5) is 33.1. The van der Waals surface area contributed by atoms with Gasteiger partial charge in [-0.1, -0.05) is 0 Å². The van der Waals surface area contributed by atoms with Gasteiger partial charge in [-0.25, -0.2) is 9.97 Å². The van der Waals surface area contributed by atoms with E-state index in [0.29, 0.717) is 18.7 Å². The number of nitrogens with zero attached hydrogens (tertiary/aromatic N) is 4. The lowest BCUT2D eigenvalue weighted by Gasteiger charge is -2.10. The van der Waals surface area contributed by atoms with Crippen molar-refractivity contribution in [3.8, 4) is 0 Å². The van der Waals surface area contributed by atoms with Crippen molar-refractivity contribution in [2.45, 2.75) is 26.4 Å². The Balaban J connectivity index is 1.74. The number of imidazole rings is 1. The highest BCUT2D eigenvalue weighted by Gasteiger charge is 2.15. The minimum absolute atomic E-state index is 0.153. The minimum atomic E-state index is -0.349. The van der Waals surface area contributed by atoms with E-state index in [9.17, 15) is 9.59 Å². The Hall–Kier alpha value is -2.96. The topological polar surface area (TPSA) is 81.8 Å². The molecule has 0 atom stereocenters. The second-order valence-electron chi connectivity index (χ2n) is 5.43. The van der Waals surface area contributed by atoms with Gasteiger partial charge in [0.2, 0.25) is 0 Å². The van der Waals surface area contributed by atoms with Crippen molar-refractivity contribution in [3.63, 3.8) is 0 Å². The van der Waals surface area contributed by atoms with Crippen molar-refractivity contribution in [2.75, 3.05) is 6.54 Å². The highest BCUT2D eigenvalue weighted by atomic mass is 16.2. The molecule has 24 heavy (non-hydrogen) atoms. The third kappa shape index (κ3) is 3.19. The molecule has 0 radical (unpaired) electrons. The van der Waals surface area contributed by atoms with E-state index in [0.717, 1.165) is 18.4 Å². The molecule has 0 bridgehead atoms. The first-order chi connectivity index (χ1) is 11.7. The fraction of sp³-hybridized carbons (Fsp3) is 0.294. The molecule has 1 N–H and O–H groups in total. The van der Waals surface area contributed by atoms with Crippen LogP contribution in [0.2, 0.25) is 0 Å².